The summed E-state index contributed by atoms with van der Waals surface area (Å²) in [5.41, 5.74) is 3.45. The summed E-state index contributed by atoms with van der Waals surface area (Å²) in [6.45, 7) is -0.562. The van der Waals surface area contributed by atoms with E-state index in [9.17, 15) is 9.59 Å². The molecule has 1 aromatic heterocycles. The van der Waals surface area contributed by atoms with Crippen molar-refractivity contribution in [3.8, 4) is 11.5 Å². The molecule has 1 heterocycles. The van der Waals surface area contributed by atoms with Gasteiger partial charge >= 0.3 is 11.9 Å². The summed E-state index contributed by atoms with van der Waals surface area (Å²) in [5.74, 6) is -1.22. The molecular formula is C19H14BrClN2O6. The van der Waals surface area contributed by atoms with E-state index in [1.165, 1.54) is 25.5 Å². The number of hydrazone groups is 1. The van der Waals surface area contributed by atoms with Gasteiger partial charge < -0.3 is 19.0 Å². The van der Waals surface area contributed by atoms with Crippen LogP contribution in [0.1, 0.15) is 16.1 Å². The van der Waals surface area contributed by atoms with Crippen LogP contribution < -0.4 is 14.9 Å². The minimum atomic E-state index is -1.14. The molecular weight excluding hydrogens is 468 g/mol. The van der Waals surface area contributed by atoms with E-state index in [4.69, 9.17) is 30.6 Å². The van der Waals surface area contributed by atoms with Gasteiger partial charge in [0.15, 0.2) is 23.9 Å². The van der Waals surface area contributed by atoms with Crippen LogP contribution in [0.5, 0.6) is 11.5 Å². The Labute approximate surface area is 178 Å². The lowest BCUT2D eigenvalue weighted by molar-refractivity contribution is -0.139. The third-order valence-corrected chi connectivity index (χ3v) is 4.45. The number of fused-ring (bicyclic) bond motifs is 1. The van der Waals surface area contributed by atoms with Crippen molar-refractivity contribution >= 4 is 56.6 Å². The topological polar surface area (TPSA) is 110 Å². The average Bonchev–Trinajstić information content (AvgIpc) is 3.09. The molecule has 0 unspecified atom stereocenters. The monoisotopic (exact) mass is 480 g/mol. The fraction of sp³-hybridized carbons (Fsp3) is 0.105. The second kappa shape index (κ2) is 8.97. The number of nitrogens with one attached hydrogen (secondary N) is 1. The van der Waals surface area contributed by atoms with Gasteiger partial charge in [-0.05, 0) is 42.0 Å². The van der Waals surface area contributed by atoms with E-state index in [1.807, 2.05) is 12.1 Å². The van der Waals surface area contributed by atoms with Crippen LogP contribution in [0, 0.1) is 0 Å². The maximum absolute atomic E-state index is 12.2. The van der Waals surface area contributed by atoms with Crippen LogP contribution in [0.25, 0.3) is 11.0 Å². The number of furan rings is 1. The fourth-order valence-electron chi connectivity index (χ4n) is 2.43. The molecule has 3 rings (SSSR count). The number of carboxylic acids is 1. The first-order valence-electron chi connectivity index (χ1n) is 8.12. The number of aliphatic carboxylic acids is 1. The van der Waals surface area contributed by atoms with Gasteiger partial charge in [0.05, 0.1) is 18.3 Å². The summed E-state index contributed by atoms with van der Waals surface area (Å²) < 4.78 is 16.7. The number of hydrogen-bond donors (Lipinski definition) is 2. The van der Waals surface area contributed by atoms with Gasteiger partial charge in [0.2, 0.25) is 0 Å². The van der Waals surface area contributed by atoms with Gasteiger partial charge in [-0.15, -0.1) is 0 Å². The number of rotatable bonds is 7. The minimum absolute atomic E-state index is 0.103. The van der Waals surface area contributed by atoms with E-state index in [1.54, 1.807) is 12.1 Å². The van der Waals surface area contributed by atoms with E-state index in [2.05, 4.69) is 26.5 Å². The van der Waals surface area contributed by atoms with Crippen LogP contribution in [0.2, 0.25) is 5.02 Å². The van der Waals surface area contributed by atoms with E-state index in [0.717, 1.165) is 9.86 Å². The highest BCUT2D eigenvalue weighted by atomic mass is 79.9. The van der Waals surface area contributed by atoms with E-state index >= 15 is 0 Å². The number of carbonyl (C=O) groups is 2. The van der Waals surface area contributed by atoms with Crippen molar-refractivity contribution in [3.63, 3.8) is 0 Å². The zero-order valence-electron chi connectivity index (χ0n) is 14.9. The third-order valence-electron chi connectivity index (χ3n) is 3.67. The highest BCUT2D eigenvalue weighted by Crippen LogP contribution is 2.36. The molecule has 2 N–H and O–H groups in total. The van der Waals surface area contributed by atoms with Crippen molar-refractivity contribution in [2.45, 2.75) is 0 Å². The van der Waals surface area contributed by atoms with Gasteiger partial charge in [-0.2, -0.15) is 5.10 Å². The summed E-state index contributed by atoms with van der Waals surface area (Å²) in [7, 11) is 1.39. The maximum Gasteiger partial charge on any atom is 0.341 e. The zero-order valence-corrected chi connectivity index (χ0v) is 17.3. The molecule has 0 spiro atoms. The zero-order chi connectivity index (χ0) is 21.0. The Morgan fingerprint density at radius 3 is 2.83 bits per heavy atom. The molecule has 150 valence electrons. The highest BCUT2D eigenvalue weighted by Gasteiger charge is 2.14. The first kappa shape index (κ1) is 20.7. The summed E-state index contributed by atoms with van der Waals surface area (Å²) in [6.07, 6.45) is 1.35. The van der Waals surface area contributed by atoms with Crippen LogP contribution in [-0.2, 0) is 4.79 Å². The lowest BCUT2D eigenvalue weighted by Gasteiger charge is -2.11. The van der Waals surface area contributed by atoms with Crippen LogP contribution in [-0.4, -0.2) is 36.9 Å². The summed E-state index contributed by atoms with van der Waals surface area (Å²) in [5, 5.41) is 13.5. The molecule has 0 aliphatic carbocycles. The van der Waals surface area contributed by atoms with E-state index < -0.39 is 18.5 Å². The Kier molecular flexibility index (Phi) is 6.40. The Morgan fingerprint density at radius 1 is 1.31 bits per heavy atom. The molecule has 0 aliphatic heterocycles. The smallest absolute Gasteiger partial charge is 0.341 e. The number of benzene rings is 2. The Hall–Kier alpha value is -3.04. The molecule has 1 amide bonds. The van der Waals surface area contributed by atoms with Crippen molar-refractivity contribution in [3.05, 3.63) is 57.2 Å². The Bertz CT molecular complexity index is 1110. The van der Waals surface area contributed by atoms with Crippen LogP contribution in [0.4, 0.5) is 0 Å². The highest BCUT2D eigenvalue weighted by molar-refractivity contribution is 9.10. The fourth-order valence-corrected chi connectivity index (χ4v) is 3.09. The lowest BCUT2D eigenvalue weighted by atomic mass is 10.2. The number of nitrogens with zero attached hydrogens (tertiary/aromatic N) is 1. The van der Waals surface area contributed by atoms with Crippen LogP contribution >= 0.6 is 27.5 Å². The maximum atomic E-state index is 12.2. The van der Waals surface area contributed by atoms with Crippen molar-refractivity contribution < 1.29 is 28.6 Å². The molecule has 10 heteroatoms. The molecule has 29 heavy (non-hydrogen) atoms. The molecule has 0 atom stereocenters. The van der Waals surface area contributed by atoms with Crippen LogP contribution in [0.15, 0.2) is 50.4 Å². The molecule has 0 fully saturated rings. The molecule has 8 nitrogen and oxygen atoms in total. The average molecular weight is 482 g/mol. The molecule has 2 aromatic carbocycles. The number of carboxylic acid groups (broad SMARTS) is 1. The lowest BCUT2D eigenvalue weighted by Crippen LogP contribution is -2.16. The van der Waals surface area contributed by atoms with Crippen molar-refractivity contribution in [1.29, 1.82) is 0 Å². The quantitative estimate of drug-likeness (QED) is 0.389. The number of halogens is 2. The standard InChI is InChI=1S/C19H14BrClN2O6/c1-27-15-5-10(4-13(21)18(15)28-9-17(24)25)8-22-23-19(26)16-7-11-6-12(20)2-3-14(11)29-16/h2-8H,9H2,1H3,(H,23,26)(H,24,25)/b22-8+. The van der Waals surface area contributed by atoms with Gasteiger partial charge in [-0.3, -0.25) is 4.79 Å². The number of methoxy groups -OCH3 is 1. The first-order valence-corrected chi connectivity index (χ1v) is 9.29. The second-order valence-electron chi connectivity index (χ2n) is 5.71. The summed E-state index contributed by atoms with van der Waals surface area (Å²) in [6, 6.07) is 10.0. The van der Waals surface area contributed by atoms with Gasteiger partial charge in [0, 0.05) is 9.86 Å². The van der Waals surface area contributed by atoms with Gasteiger partial charge in [0.1, 0.15) is 5.58 Å². The largest absolute Gasteiger partial charge is 0.493 e. The predicted octanol–water partition coefficient (Wildman–Crippen LogP) is 4.08. The SMILES string of the molecule is COc1cc(/C=N/NC(=O)c2cc3cc(Br)ccc3o2)cc(Cl)c1OCC(=O)O. The van der Waals surface area contributed by atoms with E-state index in [-0.39, 0.29) is 22.3 Å². The van der Waals surface area contributed by atoms with Crippen molar-refractivity contribution in [2.24, 2.45) is 5.10 Å². The number of carbonyl (C=O) groups excluding carboxylic acids is 1. The van der Waals surface area contributed by atoms with Crippen LogP contribution in [0.3, 0.4) is 0 Å². The van der Waals surface area contributed by atoms with Gasteiger partial charge in [0.25, 0.3) is 0 Å². The normalized spacial score (nSPS) is 11.0. The predicted molar refractivity (Wildman–Crippen MR) is 110 cm³/mol. The Balaban J connectivity index is 1.72. The van der Waals surface area contributed by atoms with Gasteiger partial charge in [-0.25, -0.2) is 10.2 Å². The van der Waals surface area contributed by atoms with Crippen molar-refractivity contribution in [1.82, 2.24) is 5.43 Å². The molecule has 0 saturated heterocycles. The first-order chi connectivity index (χ1) is 13.9. The van der Waals surface area contributed by atoms with E-state index in [0.29, 0.717) is 11.1 Å². The number of amides is 1. The molecule has 0 bridgehead atoms. The molecule has 0 saturated carbocycles. The minimum Gasteiger partial charge on any atom is -0.493 e. The second-order valence-corrected chi connectivity index (χ2v) is 7.03. The number of ether oxygens (including phenoxy) is 2. The van der Waals surface area contributed by atoms with Crippen molar-refractivity contribution in [2.75, 3.05) is 13.7 Å². The molecule has 3 aromatic rings. The molecule has 0 radical (unpaired) electrons. The van der Waals surface area contributed by atoms with Gasteiger partial charge in [-0.1, -0.05) is 27.5 Å². The molecule has 0 aliphatic rings. The Morgan fingerprint density at radius 2 is 2.10 bits per heavy atom. The number of hydrogen-bond acceptors (Lipinski definition) is 6. The third kappa shape index (κ3) is 5.07. The summed E-state index contributed by atoms with van der Waals surface area (Å²) in [4.78, 5) is 22.9. The summed E-state index contributed by atoms with van der Waals surface area (Å²) >= 11 is 9.49.